The molecule has 4 nitrogen and oxygen atoms in total. The molecule has 0 saturated carbocycles. The molecule has 0 aliphatic heterocycles. The Morgan fingerprint density at radius 1 is 1.08 bits per heavy atom. The highest BCUT2D eigenvalue weighted by atomic mass is 79.9. The number of H-pyrrole nitrogens is 1. The van der Waals surface area contributed by atoms with E-state index in [2.05, 4.69) is 4.98 Å². The van der Waals surface area contributed by atoms with Gasteiger partial charge in [0.2, 0.25) is 0 Å². The Bertz CT molecular complexity index is 978. The van der Waals surface area contributed by atoms with Crippen molar-refractivity contribution in [3.05, 3.63) is 75.4 Å². The average Bonchev–Trinajstić information content (AvgIpc) is 2.60. The van der Waals surface area contributed by atoms with Gasteiger partial charge in [-0.25, -0.2) is 9.78 Å². The van der Waals surface area contributed by atoms with Gasteiger partial charge in [-0.1, -0.05) is 18.2 Å². The molecule has 122 valence electrons. The van der Waals surface area contributed by atoms with Crippen LogP contribution in [-0.4, -0.2) is 5.78 Å². The summed E-state index contributed by atoms with van der Waals surface area (Å²) in [6, 6.07) is 10.9. The number of aryl methyl sites for hydroxylation is 1. The van der Waals surface area contributed by atoms with E-state index in [-0.39, 0.29) is 28.3 Å². The van der Waals surface area contributed by atoms with Gasteiger partial charge in [0.15, 0.2) is 6.20 Å². The largest absolute Gasteiger partial charge is 1.00 e. The van der Waals surface area contributed by atoms with Gasteiger partial charge in [0, 0.05) is 17.0 Å². The van der Waals surface area contributed by atoms with Gasteiger partial charge < -0.3 is 21.4 Å². The van der Waals surface area contributed by atoms with Crippen LogP contribution in [0.2, 0.25) is 0 Å². The highest BCUT2D eigenvalue weighted by Crippen LogP contribution is 2.23. The molecule has 1 N–H and O–H groups in total. The van der Waals surface area contributed by atoms with Crippen LogP contribution in [0, 0.1) is 0 Å². The van der Waals surface area contributed by atoms with E-state index < -0.39 is 5.63 Å². The van der Waals surface area contributed by atoms with Crippen molar-refractivity contribution in [3.8, 4) is 0 Å². The first-order valence-electron chi connectivity index (χ1n) is 7.84. The third-order valence-electron chi connectivity index (χ3n) is 4.44. The van der Waals surface area contributed by atoms with Crippen LogP contribution in [0.5, 0.6) is 0 Å². The normalized spacial score (nSPS) is 13.2. The van der Waals surface area contributed by atoms with Crippen LogP contribution < -0.4 is 27.6 Å². The van der Waals surface area contributed by atoms with Gasteiger partial charge in [-0.05, 0) is 43.4 Å². The van der Waals surface area contributed by atoms with E-state index in [1.54, 1.807) is 24.4 Å². The molecule has 0 unspecified atom stereocenters. The molecule has 0 amide bonds. The van der Waals surface area contributed by atoms with Crippen molar-refractivity contribution in [2.24, 2.45) is 0 Å². The molecule has 1 aromatic carbocycles. The Kier molecular flexibility index (Phi) is 4.62. The van der Waals surface area contributed by atoms with Gasteiger partial charge in [0.1, 0.15) is 11.1 Å². The summed E-state index contributed by atoms with van der Waals surface area (Å²) in [7, 11) is 0. The standard InChI is InChI=1S/C19H15NO3.BrH/c21-18(17-14-7-3-1-5-12(14)9-10-20-17)15-11-13-6-2-4-8-16(13)23-19(15)22;/h2,4,6,8-11H,1,3,5,7H2;1H. The molecule has 0 saturated heterocycles. The Labute approximate surface area is 149 Å². The quantitative estimate of drug-likeness (QED) is 0.450. The molecule has 5 heteroatoms. The molecule has 0 spiro atoms. The number of hydrogen-bond acceptors (Lipinski definition) is 3. The lowest BCUT2D eigenvalue weighted by Gasteiger charge is -2.14. The first-order chi connectivity index (χ1) is 11.2. The minimum Gasteiger partial charge on any atom is -1.00 e. The van der Waals surface area contributed by atoms with Crippen molar-refractivity contribution in [1.82, 2.24) is 0 Å². The van der Waals surface area contributed by atoms with Gasteiger partial charge in [-0.15, -0.1) is 0 Å². The predicted octanol–water partition coefficient (Wildman–Crippen LogP) is -0.279. The summed E-state index contributed by atoms with van der Waals surface area (Å²) >= 11 is 0. The van der Waals surface area contributed by atoms with Gasteiger partial charge >= 0.3 is 5.63 Å². The number of benzene rings is 1. The number of pyridine rings is 1. The fourth-order valence-electron chi connectivity index (χ4n) is 3.27. The number of fused-ring (bicyclic) bond motifs is 2. The lowest BCUT2D eigenvalue weighted by Crippen LogP contribution is -3.00. The fourth-order valence-corrected chi connectivity index (χ4v) is 3.27. The molecule has 4 rings (SSSR count). The Hall–Kier alpha value is -2.27. The highest BCUT2D eigenvalue weighted by molar-refractivity contribution is 6.08. The molecule has 1 aliphatic carbocycles. The van der Waals surface area contributed by atoms with Crippen LogP contribution >= 0.6 is 0 Å². The van der Waals surface area contributed by atoms with E-state index in [4.69, 9.17) is 4.42 Å². The van der Waals surface area contributed by atoms with Crippen molar-refractivity contribution >= 4 is 16.8 Å². The number of hydrogen-bond donors (Lipinski definition) is 0. The molecule has 24 heavy (non-hydrogen) atoms. The first kappa shape index (κ1) is 16.6. The number of ketones is 1. The molecule has 0 atom stereocenters. The van der Waals surface area contributed by atoms with Crippen LogP contribution in [0.15, 0.2) is 51.8 Å². The summed E-state index contributed by atoms with van der Waals surface area (Å²) in [5.74, 6) is -0.289. The monoisotopic (exact) mass is 385 g/mol. The number of carbonyl (C=O) groups is 1. The maximum absolute atomic E-state index is 12.9. The maximum Gasteiger partial charge on any atom is 0.347 e. The third-order valence-corrected chi connectivity index (χ3v) is 4.44. The number of nitrogens with one attached hydrogen (secondary N) is 1. The van der Waals surface area contributed by atoms with E-state index >= 15 is 0 Å². The van der Waals surface area contributed by atoms with E-state index in [0.29, 0.717) is 11.3 Å². The lowest BCUT2D eigenvalue weighted by molar-refractivity contribution is -0.382. The molecular formula is C19H16BrNO3. The predicted molar refractivity (Wildman–Crippen MR) is 85.6 cm³/mol. The minimum absolute atomic E-state index is 0. The average molecular weight is 386 g/mol. The maximum atomic E-state index is 12.9. The summed E-state index contributed by atoms with van der Waals surface area (Å²) in [5, 5.41) is 0.750. The van der Waals surface area contributed by atoms with Crippen LogP contribution in [0.25, 0.3) is 11.0 Å². The van der Waals surface area contributed by atoms with E-state index in [1.807, 2.05) is 18.2 Å². The number of aromatic amines is 1. The molecule has 0 radical (unpaired) electrons. The number of para-hydroxylation sites is 1. The van der Waals surface area contributed by atoms with Crippen LogP contribution in [0.4, 0.5) is 0 Å². The second-order valence-electron chi connectivity index (χ2n) is 5.88. The van der Waals surface area contributed by atoms with Gasteiger partial charge in [-0.3, -0.25) is 4.79 Å². The van der Waals surface area contributed by atoms with Crippen molar-refractivity contribution in [2.45, 2.75) is 25.7 Å². The van der Waals surface area contributed by atoms with Gasteiger partial charge in [-0.2, -0.15) is 0 Å². The number of carbonyl (C=O) groups excluding carboxylic acids is 1. The van der Waals surface area contributed by atoms with Crippen molar-refractivity contribution in [3.63, 3.8) is 0 Å². The molecular weight excluding hydrogens is 370 g/mol. The number of halogens is 1. The zero-order valence-corrected chi connectivity index (χ0v) is 14.6. The summed E-state index contributed by atoms with van der Waals surface area (Å²) in [4.78, 5) is 28.1. The van der Waals surface area contributed by atoms with E-state index in [0.717, 1.165) is 36.6 Å². The molecule has 3 aromatic rings. The zero-order chi connectivity index (χ0) is 15.8. The number of aromatic nitrogens is 1. The van der Waals surface area contributed by atoms with Crippen LogP contribution in [0.3, 0.4) is 0 Å². The Morgan fingerprint density at radius 3 is 2.75 bits per heavy atom. The second kappa shape index (κ2) is 6.69. The zero-order valence-electron chi connectivity index (χ0n) is 13.0. The SMILES string of the molecule is O=C(c1[nH+]ccc2c1CCCC2)c1cc2ccccc2oc1=O.[Br-]. The smallest absolute Gasteiger partial charge is 0.347 e. The third kappa shape index (κ3) is 2.80. The minimum atomic E-state index is -0.587. The second-order valence-corrected chi connectivity index (χ2v) is 5.88. The lowest BCUT2D eigenvalue weighted by atomic mass is 9.89. The van der Waals surface area contributed by atoms with E-state index in [1.165, 1.54) is 5.56 Å². The van der Waals surface area contributed by atoms with Crippen LogP contribution in [0.1, 0.15) is 40.0 Å². The summed E-state index contributed by atoms with van der Waals surface area (Å²) in [6.45, 7) is 0. The topological polar surface area (TPSA) is 61.4 Å². The van der Waals surface area contributed by atoms with E-state index in [9.17, 15) is 9.59 Å². The molecule has 1 aliphatic rings. The van der Waals surface area contributed by atoms with Gasteiger partial charge in [0.05, 0.1) is 0 Å². The Morgan fingerprint density at radius 2 is 1.88 bits per heavy atom. The summed E-state index contributed by atoms with van der Waals surface area (Å²) < 4.78 is 5.29. The van der Waals surface area contributed by atoms with Crippen molar-refractivity contribution in [1.29, 1.82) is 0 Å². The summed E-state index contributed by atoms with van der Waals surface area (Å²) in [5.41, 5.74) is 2.74. The van der Waals surface area contributed by atoms with Crippen molar-refractivity contribution in [2.75, 3.05) is 0 Å². The first-order valence-corrected chi connectivity index (χ1v) is 7.84. The van der Waals surface area contributed by atoms with Crippen LogP contribution in [-0.2, 0) is 12.8 Å². The van der Waals surface area contributed by atoms with Crippen molar-refractivity contribution < 1.29 is 31.2 Å². The molecule has 2 heterocycles. The summed E-state index contributed by atoms with van der Waals surface area (Å²) in [6.07, 6.45) is 5.84. The van der Waals surface area contributed by atoms with Gasteiger partial charge in [0.25, 0.3) is 11.5 Å². The highest BCUT2D eigenvalue weighted by Gasteiger charge is 2.27. The number of rotatable bonds is 2. The molecule has 0 fully saturated rings. The molecule has 0 bridgehead atoms. The Balaban J connectivity index is 0.00000169. The molecule has 2 aromatic heterocycles. The fraction of sp³-hybridized carbons (Fsp3) is 0.211.